The Labute approximate surface area is 151 Å². The van der Waals surface area contributed by atoms with Gasteiger partial charge in [-0.25, -0.2) is 9.50 Å². The fourth-order valence-electron chi connectivity index (χ4n) is 3.35. The lowest BCUT2D eigenvalue weighted by Gasteiger charge is -2.13. The van der Waals surface area contributed by atoms with E-state index in [9.17, 15) is 0 Å². The Morgan fingerprint density at radius 2 is 2.04 bits per heavy atom. The van der Waals surface area contributed by atoms with Gasteiger partial charge < -0.3 is 15.4 Å². The Morgan fingerprint density at radius 3 is 2.81 bits per heavy atom. The van der Waals surface area contributed by atoms with E-state index in [0.29, 0.717) is 25.0 Å². The molecule has 1 aliphatic heterocycles. The van der Waals surface area contributed by atoms with Gasteiger partial charge in [0.25, 0.3) is 0 Å². The third-order valence-corrected chi connectivity index (χ3v) is 4.95. The zero-order valence-electron chi connectivity index (χ0n) is 14.6. The molecule has 5 rings (SSSR count). The minimum atomic E-state index is 0.266. The van der Waals surface area contributed by atoms with Crippen molar-refractivity contribution in [2.45, 2.75) is 37.8 Å². The van der Waals surface area contributed by atoms with E-state index in [1.807, 2.05) is 28.9 Å². The molecular formula is C19H22N6O. The third kappa shape index (κ3) is 3.10. The normalized spacial score (nSPS) is 19.8. The van der Waals surface area contributed by atoms with Gasteiger partial charge in [0.1, 0.15) is 0 Å². The zero-order valence-corrected chi connectivity index (χ0v) is 14.6. The first-order chi connectivity index (χ1) is 12.9. The molecule has 1 saturated carbocycles. The summed E-state index contributed by atoms with van der Waals surface area (Å²) in [7, 11) is 0. The summed E-state index contributed by atoms with van der Waals surface area (Å²) < 4.78 is 7.41. The second-order valence-corrected chi connectivity index (χ2v) is 7.02. The van der Waals surface area contributed by atoms with Crippen LogP contribution in [0.5, 0.6) is 0 Å². The van der Waals surface area contributed by atoms with E-state index in [4.69, 9.17) is 14.8 Å². The lowest BCUT2D eigenvalue weighted by molar-refractivity contribution is 0.195. The Balaban J connectivity index is 1.47. The van der Waals surface area contributed by atoms with Crippen LogP contribution in [0.2, 0.25) is 0 Å². The number of nitrogens with zero attached hydrogens (tertiary/aromatic N) is 4. The number of nitrogens with one attached hydrogen (secondary N) is 2. The molecular weight excluding hydrogens is 328 g/mol. The third-order valence-electron chi connectivity index (χ3n) is 4.95. The average molecular weight is 350 g/mol. The molecule has 3 heterocycles. The molecule has 0 unspecified atom stereocenters. The van der Waals surface area contributed by atoms with Crippen LogP contribution in [0.15, 0.2) is 36.5 Å². The monoisotopic (exact) mass is 350 g/mol. The van der Waals surface area contributed by atoms with Crippen LogP contribution >= 0.6 is 0 Å². The topological polar surface area (TPSA) is 76.4 Å². The first kappa shape index (κ1) is 15.6. The molecule has 134 valence electrons. The summed E-state index contributed by atoms with van der Waals surface area (Å²) in [4.78, 5) is 9.29. The molecule has 3 aromatic rings. The number of benzene rings is 1. The van der Waals surface area contributed by atoms with Crippen molar-refractivity contribution in [2.75, 3.05) is 23.8 Å². The second kappa shape index (κ2) is 6.57. The van der Waals surface area contributed by atoms with Gasteiger partial charge in [0.15, 0.2) is 11.5 Å². The quantitative estimate of drug-likeness (QED) is 0.712. The fourth-order valence-corrected chi connectivity index (χ4v) is 3.35. The number of hydrogen-bond acceptors (Lipinski definition) is 6. The van der Waals surface area contributed by atoms with E-state index in [-0.39, 0.29) is 6.04 Å². The fraction of sp³-hybridized carbons (Fsp3) is 0.421. The number of fused-ring (bicyclic) bond motifs is 1. The molecule has 2 N–H and O–H groups in total. The smallest absolute Gasteiger partial charge is 0.243 e. The minimum Gasteiger partial charge on any atom is -0.379 e. The van der Waals surface area contributed by atoms with Crippen LogP contribution in [-0.4, -0.2) is 38.8 Å². The molecule has 7 heteroatoms. The molecule has 0 amide bonds. The summed E-state index contributed by atoms with van der Waals surface area (Å²) in [6, 6.07) is 10.6. The molecule has 1 aliphatic carbocycles. The average Bonchev–Trinajstić information content (AvgIpc) is 3.21. The lowest BCUT2D eigenvalue weighted by Crippen LogP contribution is -2.22. The first-order valence-electron chi connectivity index (χ1n) is 9.24. The lowest BCUT2D eigenvalue weighted by atomic mass is 10.2. The maximum atomic E-state index is 5.46. The standard InChI is InChI=1S/C19H22N6O/c1-2-4-13(5-3-1)10-20-17-18-21-11-16(14-6-7-14)25(18)24-19(23-17)22-15-8-9-26-12-15/h1-5,11,14-15H,6-10,12H2,(H2,20,22,23,24)/t15-/m1/s1. The molecule has 0 radical (unpaired) electrons. The second-order valence-electron chi connectivity index (χ2n) is 7.02. The summed E-state index contributed by atoms with van der Waals surface area (Å²) in [5.74, 6) is 1.96. The van der Waals surface area contributed by atoms with Crippen molar-refractivity contribution in [2.24, 2.45) is 0 Å². The Hall–Kier alpha value is -2.67. The largest absolute Gasteiger partial charge is 0.379 e. The molecule has 2 aliphatic rings. The maximum absolute atomic E-state index is 5.46. The number of rotatable bonds is 6. The highest BCUT2D eigenvalue weighted by atomic mass is 16.5. The van der Waals surface area contributed by atoms with Crippen molar-refractivity contribution >= 4 is 17.4 Å². The Bertz CT molecular complexity index is 899. The van der Waals surface area contributed by atoms with Gasteiger partial charge in [-0.3, -0.25) is 0 Å². The summed E-state index contributed by atoms with van der Waals surface area (Å²) in [5.41, 5.74) is 3.17. The molecule has 2 aromatic heterocycles. The van der Waals surface area contributed by atoms with E-state index in [0.717, 1.165) is 24.5 Å². The van der Waals surface area contributed by atoms with E-state index in [2.05, 4.69) is 27.8 Å². The molecule has 0 spiro atoms. The van der Waals surface area contributed by atoms with Crippen molar-refractivity contribution in [3.05, 3.63) is 47.8 Å². The van der Waals surface area contributed by atoms with Gasteiger partial charge in [0.05, 0.1) is 24.5 Å². The predicted octanol–water partition coefficient (Wildman–Crippen LogP) is 2.81. The first-order valence-corrected chi connectivity index (χ1v) is 9.24. The zero-order chi connectivity index (χ0) is 17.3. The van der Waals surface area contributed by atoms with E-state index >= 15 is 0 Å². The van der Waals surface area contributed by atoms with Crippen LogP contribution in [0.1, 0.15) is 36.4 Å². The van der Waals surface area contributed by atoms with Crippen molar-refractivity contribution < 1.29 is 4.74 Å². The van der Waals surface area contributed by atoms with Crippen LogP contribution in [-0.2, 0) is 11.3 Å². The highest BCUT2D eigenvalue weighted by Crippen LogP contribution is 2.40. The number of hydrogen-bond donors (Lipinski definition) is 2. The molecule has 26 heavy (non-hydrogen) atoms. The van der Waals surface area contributed by atoms with Gasteiger partial charge >= 0.3 is 0 Å². The molecule has 7 nitrogen and oxygen atoms in total. The van der Waals surface area contributed by atoms with E-state index < -0.39 is 0 Å². The summed E-state index contributed by atoms with van der Waals surface area (Å²) in [5, 5.41) is 11.6. The summed E-state index contributed by atoms with van der Waals surface area (Å²) in [6.07, 6.45) is 5.35. The van der Waals surface area contributed by atoms with Gasteiger partial charge in [-0.2, -0.15) is 4.98 Å². The number of aromatic nitrogens is 4. The minimum absolute atomic E-state index is 0.266. The van der Waals surface area contributed by atoms with Crippen LogP contribution < -0.4 is 10.6 Å². The van der Waals surface area contributed by atoms with Crippen molar-refractivity contribution in [3.63, 3.8) is 0 Å². The summed E-state index contributed by atoms with van der Waals surface area (Å²) in [6.45, 7) is 2.19. The van der Waals surface area contributed by atoms with Crippen LogP contribution in [0.25, 0.3) is 5.65 Å². The SMILES string of the molecule is c1ccc(CNc2nc(N[C@@H]3CCOC3)nn3c(C4CC4)cnc23)cc1. The van der Waals surface area contributed by atoms with Gasteiger partial charge in [-0.1, -0.05) is 30.3 Å². The highest BCUT2D eigenvalue weighted by molar-refractivity contribution is 5.64. The van der Waals surface area contributed by atoms with Crippen LogP contribution in [0.4, 0.5) is 11.8 Å². The highest BCUT2D eigenvalue weighted by Gasteiger charge is 2.28. The Morgan fingerprint density at radius 1 is 1.15 bits per heavy atom. The van der Waals surface area contributed by atoms with Gasteiger partial charge in [-0.15, -0.1) is 5.10 Å². The number of anilines is 2. The molecule has 0 bridgehead atoms. The van der Waals surface area contributed by atoms with Gasteiger partial charge in [-0.05, 0) is 24.8 Å². The number of imidazole rings is 1. The van der Waals surface area contributed by atoms with Crippen LogP contribution in [0, 0.1) is 0 Å². The molecule has 1 aromatic carbocycles. The molecule has 1 saturated heterocycles. The van der Waals surface area contributed by atoms with E-state index in [1.165, 1.54) is 24.1 Å². The number of ether oxygens (including phenoxy) is 1. The molecule has 1 atom stereocenters. The van der Waals surface area contributed by atoms with Gasteiger partial charge in [0.2, 0.25) is 5.95 Å². The van der Waals surface area contributed by atoms with E-state index in [1.54, 1.807) is 0 Å². The van der Waals surface area contributed by atoms with Crippen LogP contribution in [0.3, 0.4) is 0 Å². The predicted molar refractivity (Wildman–Crippen MR) is 99.4 cm³/mol. The Kier molecular flexibility index (Phi) is 3.93. The maximum Gasteiger partial charge on any atom is 0.243 e. The summed E-state index contributed by atoms with van der Waals surface area (Å²) >= 11 is 0. The molecule has 2 fully saturated rings. The van der Waals surface area contributed by atoms with Gasteiger partial charge in [0, 0.05) is 19.1 Å². The van der Waals surface area contributed by atoms with Crippen molar-refractivity contribution in [1.29, 1.82) is 0 Å². The van der Waals surface area contributed by atoms with Crippen molar-refractivity contribution in [3.8, 4) is 0 Å². The van der Waals surface area contributed by atoms with Crippen molar-refractivity contribution in [1.82, 2.24) is 19.6 Å².